The molecule has 1 aromatic rings. The van der Waals surface area contributed by atoms with Crippen LogP contribution >= 0.6 is 15.9 Å². The molecule has 0 aromatic heterocycles. The van der Waals surface area contributed by atoms with Crippen LogP contribution in [0.2, 0.25) is 0 Å². The maximum absolute atomic E-state index is 13.0. The number of halogens is 2. The number of anilines is 1. The SMILES string of the molecule is O=C(O)C1CCC1Nc1cc(F)ccc1Br. The van der Waals surface area contributed by atoms with Crippen LogP contribution in [0.15, 0.2) is 22.7 Å². The Bertz CT molecular complexity index is 424. The smallest absolute Gasteiger partial charge is 0.308 e. The summed E-state index contributed by atoms with van der Waals surface area (Å²) >= 11 is 3.29. The van der Waals surface area contributed by atoms with Gasteiger partial charge in [0.2, 0.25) is 0 Å². The van der Waals surface area contributed by atoms with E-state index >= 15 is 0 Å². The fourth-order valence-corrected chi connectivity index (χ4v) is 2.14. The third-order valence-electron chi connectivity index (χ3n) is 2.86. The lowest BCUT2D eigenvalue weighted by Gasteiger charge is -2.35. The van der Waals surface area contributed by atoms with Crippen LogP contribution in [0.4, 0.5) is 10.1 Å². The highest BCUT2D eigenvalue weighted by molar-refractivity contribution is 9.10. The Morgan fingerprint density at radius 1 is 1.50 bits per heavy atom. The minimum absolute atomic E-state index is 0.101. The molecular formula is C11H11BrFNO2. The van der Waals surface area contributed by atoms with E-state index in [2.05, 4.69) is 21.2 Å². The number of hydrogen-bond donors (Lipinski definition) is 2. The van der Waals surface area contributed by atoms with Crippen molar-refractivity contribution >= 4 is 27.6 Å². The molecule has 0 radical (unpaired) electrons. The van der Waals surface area contributed by atoms with E-state index in [1.165, 1.54) is 12.1 Å². The van der Waals surface area contributed by atoms with E-state index in [0.717, 1.165) is 10.9 Å². The normalized spacial score (nSPS) is 23.6. The van der Waals surface area contributed by atoms with Crippen molar-refractivity contribution in [2.45, 2.75) is 18.9 Å². The van der Waals surface area contributed by atoms with Gasteiger partial charge in [-0.2, -0.15) is 0 Å². The van der Waals surface area contributed by atoms with Crippen LogP contribution in [-0.2, 0) is 4.79 Å². The Kier molecular flexibility index (Phi) is 3.14. The van der Waals surface area contributed by atoms with Gasteiger partial charge in [-0.1, -0.05) is 0 Å². The van der Waals surface area contributed by atoms with Crippen LogP contribution in [0.25, 0.3) is 0 Å². The Morgan fingerprint density at radius 2 is 2.25 bits per heavy atom. The first-order valence-corrected chi connectivity index (χ1v) is 5.81. The van der Waals surface area contributed by atoms with Crippen LogP contribution in [0.1, 0.15) is 12.8 Å². The molecule has 86 valence electrons. The molecule has 2 atom stereocenters. The summed E-state index contributed by atoms with van der Waals surface area (Å²) in [7, 11) is 0. The van der Waals surface area contributed by atoms with Crippen LogP contribution in [-0.4, -0.2) is 17.1 Å². The third kappa shape index (κ3) is 2.19. The Labute approximate surface area is 101 Å². The molecule has 1 aliphatic carbocycles. The van der Waals surface area contributed by atoms with Gasteiger partial charge in [-0.25, -0.2) is 4.39 Å². The van der Waals surface area contributed by atoms with Crippen molar-refractivity contribution in [3.05, 3.63) is 28.5 Å². The molecule has 5 heteroatoms. The molecule has 3 nitrogen and oxygen atoms in total. The molecule has 1 aromatic carbocycles. The van der Waals surface area contributed by atoms with Crippen LogP contribution in [0, 0.1) is 11.7 Å². The van der Waals surface area contributed by atoms with Crippen molar-refractivity contribution in [2.24, 2.45) is 5.92 Å². The molecule has 1 fully saturated rings. The highest BCUT2D eigenvalue weighted by atomic mass is 79.9. The van der Waals surface area contributed by atoms with Gasteiger partial charge < -0.3 is 10.4 Å². The fourth-order valence-electron chi connectivity index (χ4n) is 1.78. The number of carboxylic acid groups (broad SMARTS) is 1. The number of rotatable bonds is 3. The number of aliphatic carboxylic acids is 1. The molecule has 0 amide bonds. The Hall–Kier alpha value is -1.10. The molecule has 0 aliphatic heterocycles. The predicted molar refractivity (Wildman–Crippen MR) is 61.9 cm³/mol. The number of benzene rings is 1. The number of carboxylic acids is 1. The van der Waals surface area contributed by atoms with Gasteiger partial charge in [0.05, 0.1) is 11.6 Å². The molecule has 0 spiro atoms. The summed E-state index contributed by atoms with van der Waals surface area (Å²) < 4.78 is 13.7. The maximum Gasteiger partial charge on any atom is 0.308 e. The number of hydrogen-bond acceptors (Lipinski definition) is 2. The van der Waals surface area contributed by atoms with Gasteiger partial charge in [0.25, 0.3) is 0 Å². The number of nitrogens with one attached hydrogen (secondary N) is 1. The molecule has 0 saturated heterocycles. The van der Waals surface area contributed by atoms with E-state index in [-0.39, 0.29) is 17.8 Å². The first-order valence-electron chi connectivity index (χ1n) is 5.02. The predicted octanol–water partition coefficient (Wildman–Crippen LogP) is 2.86. The quantitative estimate of drug-likeness (QED) is 0.899. The lowest BCUT2D eigenvalue weighted by molar-refractivity contribution is -0.144. The van der Waals surface area contributed by atoms with Crippen molar-refractivity contribution in [1.82, 2.24) is 0 Å². The first-order chi connectivity index (χ1) is 7.58. The summed E-state index contributed by atoms with van der Waals surface area (Å²) in [6.45, 7) is 0. The van der Waals surface area contributed by atoms with Crippen LogP contribution in [0.5, 0.6) is 0 Å². The summed E-state index contributed by atoms with van der Waals surface area (Å²) in [5, 5.41) is 11.9. The fraction of sp³-hybridized carbons (Fsp3) is 0.364. The second-order valence-corrected chi connectivity index (χ2v) is 4.75. The molecule has 2 N–H and O–H groups in total. The second-order valence-electron chi connectivity index (χ2n) is 3.90. The van der Waals surface area contributed by atoms with E-state index < -0.39 is 5.97 Å². The van der Waals surface area contributed by atoms with E-state index in [0.29, 0.717) is 12.1 Å². The minimum atomic E-state index is -0.795. The number of carbonyl (C=O) groups is 1. The van der Waals surface area contributed by atoms with E-state index in [9.17, 15) is 9.18 Å². The van der Waals surface area contributed by atoms with Gasteiger partial charge >= 0.3 is 5.97 Å². The third-order valence-corrected chi connectivity index (χ3v) is 3.55. The molecule has 0 heterocycles. The van der Waals surface area contributed by atoms with Crippen molar-refractivity contribution in [1.29, 1.82) is 0 Å². The summed E-state index contributed by atoms with van der Waals surface area (Å²) in [4.78, 5) is 10.8. The van der Waals surface area contributed by atoms with Crippen LogP contribution in [0.3, 0.4) is 0 Å². The van der Waals surface area contributed by atoms with Crippen molar-refractivity contribution < 1.29 is 14.3 Å². The monoisotopic (exact) mass is 287 g/mol. The largest absolute Gasteiger partial charge is 0.481 e. The standard InChI is InChI=1S/C11H11BrFNO2/c12-8-3-1-6(13)5-10(8)14-9-4-2-7(9)11(15)16/h1,3,5,7,9,14H,2,4H2,(H,15,16). The summed E-state index contributed by atoms with van der Waals surface area (Å²) in [6, 6.07) is 4.22. The van der Waals surface area contributed by atoms with Crippen LogP contribution < -0.4 is 5.32 Å². The van der Waals surface area contributed by atoms with Gasteiger partial charge in [0, 0.05) is 10.5 Å². The zero-order valence-corrected chi connectivity index (χ0v) is 10.00. The topological polar surface area (TPSA) is 49.3 Å². The van der Waals surface area contributed by atoms with E-state index in [1.54, 1.807) is 6.07 Å². The second kappa shape index (κ2) is 4.41. The summed E-state index contributed by atoms with van der Waals surface area (Å²) in [6.07, 6.45) is 1.49. The van der Waals surface area contributed by atoms with Gasteiger partial charge in [-0.15, -0.1) is 0 Å². The minimum Gasteiger partial charge on any atom is -0.481 e. The highest BCUT2D eigenvalue weighted by Crippen LogP contribution is 2.33. The van der Waals surface area contributed by atoms with Gasteiger partial charge in [-0.05, 0) is 47.0 Å². The molecule has 1 saturated carbocycles. The van der Waals surface area contributed by atoms with Gasteiger partial charge in [0.1, 0.15) is 5.82 Å². The lowest BCUT2D eigenvalue weighted by Crippen LogP contribution is -2.43. The van der Waals surface area contributed by atoms with Gasteiger partial charge in [-0.3, -0.25) is 4.79 Å². The van der Waals surface area contributed by atoms with Gasteiger partial charge in [0.15, 0.2) is 0 Å². The van der Waals surface area contributed by atoms with E-state index in [4.69, 9.17) is 5.11 Å². The molecular weight excluding hydrogens is 277 g/mol. The average molecular weight is 288 g/mol. The Morgan fingerprint density at radius 3 is 2.81 bits per heavy atom. The molecule has 2 rings (SSSR count). The molecule has 0 bridgehead atoms. The molecule has 16 heavy (non-hydrogen) atoms. The van der Waals surface area contributed by atoms with Crippen molar-refractivity contribution in [3.8, 4) is 0 Å². The summed E-state index contributed by atoms with van der Waals surface area (Å²) in [5.41, 5.74) is 0.607. The van der Waals surface area contributed by atoms with E-state index in [1.807, 2.05) is 0 Å². The van der Waals surface area contributed by atoms with Crippen molar-refractivity contribution in [3.63, 3.8) is 0 Å². The molecule has 1 aliphatic rings. The lowest BCUT2D eigenvalue weighted by atomic mass is 9.79. The Balaban J connectivity index is 2.09. The maximum atomic E-state index is 13.0. The zero-order valence-electron chi connectivity index (χ0n) is 8.41. The molecule has 2 unspecified atom stereocenters. The first kappa shape index (κ1) is 11.4. The average Bonchev–Trinajstić information content (AvgIpc) is 2.16. The van der Waals surface area contributed by atoms with Crippen molar-refractivity contribution in [2.75, 3.05) is 5.32 Å². The summed E-state index contributed by atoms with van der Waals surface area (Å²) in [5.74, 6) is -1.50. The zero-order chi connectivity index (χ0) is 11.7. The highest BCUT2D eigenvalue weighted by Gasteiger charge is 2.36.